The minimum Gasteiger partial charge on any atom is -0.485 e. The number of aromatic nitrogens is 1. The molecule has 1 aliphatic rings. The quantitative estimate of drug-likeness (QED) is 0.713. The van der Waals surface area contributed by atoms with Gasteiger partial charge in [0.15, 0.2) is 0 Å². The van der Waals surface area contributed by atoms with Crippen LogP contribution < -0.4 is 10.5 Å². The van der Waals surface area contributed by atoms with Crippen molar-refractivity contribution in [2.24, 2.45) is 0 Å². The van der Waals surface area contributed by atoms with Crippen molar-refractivity contribution >= 4 is 18.4 Å². The van der Waals surface area contributed by atoms with Gasteiger partial charge in [0.1, 0.15) is 46.5 Å². The SMILES string of the molecule is N#Cc1c(N)nc(S)c(C#N)c1-c1ccc(O[C@H]2COC[C@@H]2O)cc1. The molecule has 0 amide bonds. The Bertz CT molecular complexity index is 848. The first-order valence-electron chi connectivity index (χ1n) is 7.40. The van der Waals surface area contributed by atoms with Crippen LogP contribution in [0.2, 0.25) is 0 Å². The van der Waals surface area contributed by atoms with Gasteiger partial charge in [-0.3, -0.25) is 0 Å². The highest BCUT2D eigenvalue weighted by atomic mass is 32.1. The van der Waals surface area contributed by atoms with Crippen LogP contribution in [-0.4, -0.2) is 35.5 Å². The molecule has 3 rings (SSSR count). The van der Waals surface area contributed by atoms with Crippen molar-refractivity contribution in [1.82, 2.24) is 4.98 Å². The number of nitriles is 2. The van der Waals surface area contributed by atoms with Crippen LogP contribution in [0.15, 0.2) is 29.3 Å². The molecule has 1 aromatic heterocycles. The largest absolute Gasteiger partial charge is 0.485 e. The molecule has 126 valence electrons. The van der Waals surface area contributed by atoms with E-state index in [9.17, 15) is 15.6 Å². The van der Waals surface area contributed by atoms with Gasteiger partial charge in [-0.1, -0.05) is 12.1 Å². The Balaban J connectivity index is 1.98. The number of aliphatic hydroxyl groups is 1. The predicted molar refractivity (Wildman–Crippen MR) is 92.0 cm³/mol. The molecule has 8 heteroatoms. The van der Waals surface area contributed by atoms with Gasteiger partial charge in [-0.05, 0) is 17.7 Å². The lowest BCUT2D eigenvalue weighted by Crippen LogP contribution is -2.29. The number of aliphatic hydroxyl groups excluding tert-OH is 1. The maximum absolute atomic E-state index is 9.73. The summed E-state index contributed by atoms with van der Waals surface area (Å²) in [6.07, 6.45) is -1.09. The zero-order valence-electron chi connectivity index (χ0n) is 13.0. The van der Waals surface area contributed by atoms with Crippen LogP contribution in [0.1, 0.15) is 11.1 Å². The average Bonchev–Trinajstić information content (AvgIpc) is 3.00. The average molecular weight is 354 g/mol. The van der Waals surface area contributed by atoms with Gasteiger partial charge >= 0.3 is 0 Å². The van der Waals surface area contributed by atoms with E-state index in [4.69, 9.17) is 15.2 Å². The number of nitrogens with two attached hydrogens (primary N) is 1. The Hall–Kier alpha value is -2.78. The van der Waals surface area contributed by atoms with Crippen molar-refractivity contribution in [3.63, 3.8) is 0 Å². The van der Waals surface area contributed by atoms with Gasteiger partial charge in [-0.25, -0.2) is 4.98 Å². The Morgan fingerprint density at radius 2 is 1.88 bits per heavy atom. The summed E-state index contributed by atoms with van der Waals surface area (Å²) in [6, 6.07) is 10.8. The van der Waals surface area contributed by atoms with E-state index in [0.29, 0.717) is 23.5 Å². The van der Waals surface area contributed by atoms with E-state index in [0.717, 1.165) is 0 Å². The second kappa shape index (κ2) is 6.99. The molecule has 0 bridgehead atoms. The molecule has 25 heavy (non-hydrogen) atoms. The summed E-state index contributed by atoms with van der Waals surface area (Å²) in [5.74, 6) is 0.566. The Kier molecular flexibility index (Phi) is 4.77. The highest BCUT2D eigenvalue weighted by Gasteiger charge is 2.28. The number of hydrogen-bond donors (Lipinski definition) is 3. The number of thiol groups is 1. The van der Waals surface area contributed by atoms with E-state index >= 15 is 0 Å². The third-order valence-electron chi connectivity index (χ3n) is 3.86. The molecule has 0 aliphatic carbocycles. The summed E-state index contributed by atoms with van der Waals surface area (Å²) in [6.45, 7) is 0.574. The Morgan fingerprint density at radius 3 is 2.44 bits per heavy atom. The number of ether oxygens (including phenoxy) is 2. The van der Waals surface area contributed by atoms with Gasteiger partial charge in [-0.2, -0.15) is 10.5 Å². The lowest BCUT2D eigenvalue weighted by molar-refractivity contribution is 0.0733. The zero-order chi connectivity index (χ0) is 18.0. The number of nitrogens with zero attached hydrogens (tertiary/aromatic N) is 3. The summed E-state index contributed by atoms with van der Waals surface area (Å²) < 4.78 is 10.8. The number of anilines is 1. The maximum Gasteiger partial charge on any atom is 0.150 e. The lowest BCUT2D eigenvalue weighted by Gasteiger charge is -2.16. The summed E-state index contributed by atoms with van der Waals surface area (Å²) in [5, 5.41) is 28.7. The van der Waals surface area contributed by atoms with E-state index in [2.05, 4.69) is 17.6 Å². The van der Waals surface area contributed by atoms with Crippen molar-refractivity contribution in [3.8, 4) is 29.0 Å². The molecule has 3 N–H and O–H groups in total. The first-order valence-corrected chi connectivity index (χ1v) is 7.85. The van der Waals surface area contributed by atoms with Gasteiger partial charge < -0.3 is 20.3 Å². The van der Waals surface area contributed by atoms with Crippen LogP contribution in [0, 0.1) is 22.7 Å². The van der Waals surface area contributed by atoms with Crippen LogP contribution in [0.4, 0.5) is 5.82 Å². The lowest BCUT2D eigenvalue weighted by atomic mass is 9.97. The van der Waals surface area contributed by atoms with E-state index in [1.807, 2.05) is 12.1 Å². The molecule has 2 heterocycles. The third-order valence-corrected chi connectivity index (χ3v) is 4.18. The summed E-state index contributed by atoms with van der Waals surface area (Å²) in [7, 11) is 0. The van der Waals surface area contributed by atoms with Crippen molar-refractivity contribution in [2.75, 3.05) is 18.9 Å². The van der Waals surface area contributed by atoms with Gasteiger partial charge in [0.25, 0.3) is 0 Å². The fraction of sp³-hybridized carbons (Fsp3) is 0.235. The van der Waals surface area contributed by atoms with Gasteiger partial charge in [0.2, 0.25) is 0 Å². The van der Waals surface area contributed by atoms with Crippen LogP contribution in [0.3, 0.4) is 0 Å². The molecule has 0 saturated carbocycles. The molecule has 1 fully saturated rings. The van der Waals surface area contributed by atoms with Gasteiger partial charge in [0.05, 0.1) is 18.8 Å². The first kappa shape index (κ1) is 17.1. The first-order chi connectivity index (χ1) is 12.0. The van der Waals surface area contributed by atoms with Gasteiger partial charge in [0, 0.05) is 5.56 Å². The number of rotatable bonds is 3. The molecule has 2 atom stereocenters. The molecule has 0 radical (unpaired) electrons. The number of benzene rings is 1. The van der Waals surface area contributed by atoms with E-state index in [1.54, 1.807) is 24.3 Å². The van der Waals surface area contributed by atoms with Crippen molar-refractivity contribution in [2.45, 2.75) is 17.2 Å². The van der Waals surface area contributed by atoms with Crippen molar-refractivity contribution in [3.05, 3.63) is 35.4 Å². The van der Waals surface area contributed by atoms with Crippen LogP contribution in [-0.2, 0) is 4.74 Å². The fourth-order valence-electron chi connectivity index (χ4n) is 2.61. The number of hydrogen-bond acceptors (Lipinski definition) is 8. The summed E-state index contributed by atoms with van der Waals surface area (Å²) in [5.41, 5.74) is 7.11. The minimum atomic E-state index is -0.665. The monoisotopic (exact) mass is 354 g/mol. The number of nitrogen functional groups attached to an aromatic ring is 1. The highest BCUT2D eigenvalue weighted by Crippen LogP contribution is 2.34. The van der Waals surface area contributed by atoms with E-state index in [1.165, 1.54) is 0 Å². The molecule has 1 aromatic carbocycles. The van der Waals surface area contributed by atoms with Gasteiger partial charge in [-0.15, -0.1) is 12.6 Å². The van der Waals surface area contributed by atoms with Crippen LogP contribution >= 0.6 is 12.6 Å². The standard InChI is InChI=1S/C17H14N4O3S/c18-5-11-15(12(6-19)17(25)21-16(11)20)9-1-3-10(4-2-9)24-14-8-23-7-13(14)22/h1-4,13-14,22H,7-8H2,(H3,20,21,25)/t13-,14-/m0/s1. The molecule has 1 aliphatic heterocycles. The van der Waals surface area contributed by atoms with Crippen molar-refractivity contribution in [1.29, 1.82) is 10.5 Å². The summed E-state index contributed by atoms with van der Waals surface area (Å²) in [4.78, 5) is 3.93. The Labute approximate surface area is 149 Å². The van der Waals surface area contributed by atoms with Crippen molar-refractivity contribution < 1.29 is 14.6 Å². The molecule has 0 unspecified atom stereocenters. The van der Waals surface area contributed by atoms with E-state index in [-0.39, 0.29) is 28.6 Å². The normalized spacial score (nSPS) is 19.2. The highest BCUT2D eigenvalue weighted by molar-refractivity contribution is 7.80. The topological polar surface area (TPSA) is 125 Å². The number of pyridine rings is 1. The minimum absolute atomic E-state index is 0.0213. The molecule has 0 spiro atoms. The fourth-order valence-corrected chi connectivity index (χ4v) is 2.88. The Morgan fingerprint density at radius 1 is 1.20 bits per heavy atom. The predicted octanol–water partition coefficient (Wildman–Crippen LogP) is 1.50. The van der Waals surface area contributed by atoms with Crippen LogP contribution in [0.5, 0.6) is 5.75 Å². The molecular formula is C17H14N4O3S. The van der Waals surface area contributed by atoms with E-state index < -0.39 is 12.2 Å². The molecule has 1 saturated heterocycles. The molecular weight excluding hydrogens is 340 g/mol. The zero-order valence-corrected chi connectivity index (χ0v) is 13.9. The van der Waals surface area contributed by atoms with Crippen LogP contribution in [0.25, 0.3) is 11.1 Å². The second-order valence-electron chi connectivity index (χ2n) is 5.45. The smallest absolute Gasteiger partial charge is 0.150 e. The summed E-state index contributed by atoms with van der Waals surface area (Å²) >= 11 is 4.17. The molecule has 2 aromatic rings. The molecule has 7 nitrogen and oxygen atoms in total. The maximum atomic E-state index is 9.73. The third kappa shape index (κ3) is 3.24. The second-order valence-corrected chi connectivity index (χ2v) is 5.88.